The Kier molecular flexibility index (Phi) is 3.92. The van der Waals surface area contributed by atoms with Crippen LogP contribution in [0.1, 0.15) is 26.7 Å². The van der Waals surface area contributed by atoms with Crippen LogP contribution in [0.5, 0.6) is 0 Å². The topological polar surface area (TPSA) is 21.3 Å². The standard InChI is InChI=1S/C13H16BrF2NO/c1-13(2)4-3-9(18-13)7-17-12-10(15)5-8(14)6-11(12)16/h5-6,9,17H,3-4,7H2,1-2H3. The van der Waals surface area contributed by atoms with Crippen molar-refractivity contribution in [3.05, 3.63) is 28.2 Å². The van der Waals surface area contributed by atoms with Gasteiger partial charge in [0.1, 0.15) is 17.3 Å². The van der Waals surface area contributed by atoms with Crippen molar-refractivity contribution in [1.82, 2.24) is 0 Å². The second-order valence-corrected chi connectivity index (χ2v) is 6.08. The lowest BCUT2D eigenvalue weighted by atomic mass is 10.1. The number of halogens is 3. The highest BCUT2D eigenvalue weighted by Crippen LogP contribution is 2.30. The van der Waals surface area contributed by atoms with Crippen LogP contribution in [0.3, 0.4) is 0 Å². The number of nitrogens with one attached hydrogen (secondary N) is 1. The molecule has 1 aliphatic rings. The van der Waals surface area contributed by atoms with Crippen molar-refractivity contribution < 1.29 is 13.5 Å². The zero-order valence-electron chi connectivity index (χ0n) is 10.4. The van der Waals surface area contributed by atoms with E-state index in [4.69, 9.17) is 4.74 Å². The van der Waals surface area contributed by atoms with Gasteiger partial charge in [0.05, 0.1) is 11.7 Å². The van der Waals surface area contributed by atoms with Gasteiger partial charge in [-0.2, -0.15) is 0 Å². The first-order valence-corrected chi connectivity index (χ1v) is 6.73. The highest BCUT2D eigenvalue weighted by molar-refractivity contribution is 9.10. The SMILES string of the molecule is CC1(C)CCC(CNc2c(F)cc(Br)cc2F)O1. The summed E-state index contributed by atoms with van der Waals surface area (Å²) in [5.74, 6) is -1.20. The van der Waals surface area contributed by atoms with Crippen LogP contribution in [-0.2, 0) is 4.74 Å². The Balaban J connectivity index is 1.99. The number of hydrogen-bond donors (Lipinski definition) is 1. The Morgan fingerprint density at radius 1 is 1.39 bits per heavy atom. The molecular weight excluding hydrogens is 304 g/mol. The average Bonchev–Trinajstić information content (AvgIpc) is 2.56. The highest BCUT2D eigenvalue weighted by Gasteiger charge is 2.31. The Labute approximate surface area is 114 Å². The van der Waals surface area contributed by atoms with Crippen LogP contribution in [0.2, 0.25) is 0 Å². The fraction of sp³-hybridized carbons (Fsp3) is 0.538. The van der Waals surface area contributed by atoms with E-state index in [1.807, 2.05) is 13.8 Å². The molecule has 0 aliphatic carbocycles. The van der Waals surface area contributed by atoms with Gasteiger partial charge in [-0.05, 0) is 38.8 Å². The van der Waals surface area contributed by atoms with Crippen molar-refractivity contribution in [2.24, 2.45) is 0 Å². The van der Waals surface area contributed by atoms with E-state index in [0.717, 1.165) is 12.8 Å². The van der Waals surface area contributed by atoms with E-state index in [2.05, 4.69) is 21.2 Å². The van der Waals surface area contributed by atoms with Crippen molar-refractivity contribution in [2.45, 2.75) is 38.4 Å². The molecule has 2 rings (SSSR count). The van der Waals surface area contributed by atoms with Gasteiger partial charge in [-0.3, -0.25) is 0 Å². The maximum absolute atomic E-state index is 13.6. The van der Waals surface area contributed by atoms with Crippen LogP contribution >= 0.6 is 15.9 Å². The molecule has 1 aromatic carbocycles. The summed E-state index contributed by atoms with van der Waals surface area (Å²) < 4.78 is 33.3. The summed E-state index contributed by atoms with van der Waals surface area (Å²) in [7, 11) is 0. The minimum atomic E-state index is -0.598. The lowest BCUT2D eigenvalue weighted by molar-refractivity contribution is -0.00914. The third kappa shape index (κ3) is 3.20. The van der Waals surface area contributed by atoms with E-state index < -0.39 is 11.6 Å². The van der Waals surface area contributed by atoms with Gasteiger partial charge in [-0.15, -0.1) is 0 Å². The van der Waals surface area contributed by atoms with E-state index in [0.29, 0.717) is 11.0 Å². The first-order chi connectivity index (χ1) is 8.37. The van der Waals surface area contributed by atoms with Gasteiger partial charge in [0, 0.05) is 11.0 Å². The molecule has 1 N–H and O–H groups in total. The smallest absolute Gasteiger partial charge is 0.150 e. The molecule has 1 heterocycles. The monoisotopic (exact) mass is 319 g/mol. The molecule has 1 aromatic rings. The average molecular weight is 320 g/mol. The van der Waals surface area contributed by atoms with Crippen molar-refractivity contribution in [3.8, 4) is 0 Å². The van der Waals surface area contributed by atoms with Gasteiger partial charge >= 0.3 is 0 Å². The van der Waals surface area contributed by atoms with Gasteiger partial charge in [0.25, 0.3) is 0 Å². The lowest BCUT2D eigenvalue weighted by Crippen LogP contribution is -2.25. The summed E-state index contributed by atoms with van der Waals surface area (Å²) in [5.41, 5.74) is -0.227. The normalized spacial score (nSPS) is 22.2. The molecule has 0 aromatic heterocycles. The van der Waals surface area contributed by atoms with Crippen LogP contribution < -0.4 is 5.32 Å². The number of anilines is 1. The molecule has 5 heteroatoms. The second-order valence-electron chi connectivity index (χ2n) is 5.16. The third-order valence-electron chi connectivity index (χ3n) is 3.07. The summed E-state index contributed by atoms with van der Waals surface area (Å²) in [6.07, 6.45) is 1.87. The molecule has 0 radical (unpaired) electrons. The van der Waals surface area contributed by atoms with Crippen LogP contribution in [0, 0.1) is 11.6 Å². The summed E-state index contributed by atoms with van der Waals surface area (Å²) in [6.45, 7) is 4.46. The first kappa shape index (κ1) is 13.7. The van der Waals surface area contributed by atoms with Gasteiger partial charge < -0.3 is 10.1 Å². The molecule has 0 spiro atoms. The van der Waals surface area contributed by atoms with Crippen molar-refractivity contribution in [3.63, 3.8) is 0 Å². The summed E-state index contributed by atoms with van der Waals surface area (Å²) in [5, 5.41) is 2.79. The maximum Gasteiger partial charge on any atom is 0.150 e. The molecular formula is C13H16BrF2NO. The summed E-state index contributed by atoms with van der Waals surface area (Å²) in [6, 6.07) is 2.48. The van der Waals surface area contributed by atoms with Crippen molar-refractivity contribution in [2.75, 3.05) is 11.9 Å². The Morgan fingerprint density at radius 2 is 2.00 bits per heavy atom. The third-order valence-corrected chi connectivity index (χ3v) is 3.53. The maximum atomic E-state index is 13.6. The molecule has 1 unspecified atom stereocenters. The minimum Gasteiger partial charge on any atom is -0.378 e. The second kappa shape index (κ2) is 5.13. The molecule has 0 saturated carbocycles. The minimum absolute atomic E-state index is 0.00227. The largest absolute Gasteiger partial charge is 0.378 e. The Morgan fingerprint density at radius 3 is 2.50 bits per heavy atom. The van der Waals surface area contributed by atoms with E-state index in [1.54, 1.807) is 0 Å². The molecule has 1 aliphatic heterocycles. The van der Waals surface area contributed by atoms with Crippen molar-refractivity contribution in [1.29, 1.82) is 0 Å². The summed E-state index contributed by atoms with van der Waals surface area (Å²) in [4.78, 5) is 0. The molecule has 0 bridgehead atoms. The molecule has 1 fully saturated rings. The number of ether oxygens (including phenoxy) is 1. The quantitative estimate of drug-likeness (QED) is 0.905. The van der Waals surface area contributed by atoms with Crippen LogP contribution in [0.25, 0.3) is 0 Å². The molecule has 2 nitrogen and oxygen atoms in total. The Bertz CT molecular complexity index is 428. The molecule has 100 valence electrons. The first-order valence-electron chi connectivity index (χ1n) is 5.94. The van der Waals surface area contributed by atoms with E-state index >= 15 is 0 Å². The lowest BCUT2D eigenvalue weighted by Gasteiger charge is -2.20. The van der Waals surface area contributed by atoms with Crippen LogP contribution in [0.15, 0.2) is 16.6 Å². The highest BCUT2D eigenvalue weighted by atomic mass is 79.9. The number of hydrogen-bond acceptors (Lipinski definition) is 2. The van der Waals surface area contributed by atoms with Gasteiger partial charge in [-0.25, -0.2) is 8.78 Å². The molecule has 18 heavy (non-hydrogen) atoms. The Hall–Kier alpha value is -0.680. The zero-order valence-corrected chi connectivity index (χ0v) is 12.0. The van der Waals surface area contributed by atoms with Gasteiger partial charge in [-0.1, -0.05) is 15.9 Å². The zero-order chi connectivity index (χ0) is 13.3. The number of benzene rings is 1. The fourth-order valence-electron chi connectivity index (χ4n) is 2.15. The number of rotatable bonds is 3. The van der Waals surface area contributed by atoms with Gasteiger partial charge in [0.15, 0.2) is 0 Å². The molecule has 1 atom stereocenters. The predicted octanol–water partition coefficient (Wildman–Crippen LogP) is 4.10. The predicted molar refractivity (Wildman–Crippen MR) is 70.7 cm³/mol. The van der Waals surface area contributed by atoms with Crippen LogP contribution in [0.4, 0.5) is 14.5 Å². The van der Waals surface area contributed by atoms with E-state index in [9.17, 15) is 8.78 Å². The van der Waals surface area contributed by atoms with E-state index in [1.165, 1.54) is 12.1 Å². The van der Waals surface area contributed by atoms with Gasteiger partial charge in [0.2, 0.25) is 0 Å². The van der Waals surface area contributed by atoms with Crippen molar-refractivity contribution >= 4 is 21.6 Å². The molecule has 1 saturated heterocycles. The van der Waals surface area contributed by atoms with Crippen LogP contribution in [-0.4, -0.2) is 18.2 Å². The summed E-state index contributed by atoms with van der Waals surface area (Å²) >= 11 is 3.05. The fourth-order valence-corrected chi connectivity index (χ4v) is 2.55. The van der Waals surface area contributed by atoms with E-state index in [-0.39, 0.29) is 17.4 Å². The molecule has 0 amide bonds.